The highest BCUT2D eigenvalue weighted by Crippen LogP contribution is 2.29. The van der Waals surface area contributed by atoms with Crippen molar-refractivity contribution in [2.75, 3.05) is 23.7 Å². The van der Waals surface area contributed by atoms with E-state index in [1.807, 2.05) is 0 Å². The van der Waals surface area contributed by atoms with Gasteiger partial charge in [0.2, 0.25) is 0 Å². The van der Waals surface area contributed by atoms with Crippen LogP contribution in [0.5, 0.6) is 0 Å². The predicted octanol–water partition coefficient (Wildman–Crippen LogP) is 3.78. The Bertz CT molecular complexity index is 592. The van der Waals surface area contributed by atoms with Gasteiger partial charge in [-0.15, -0.1) is 0 Å². The molecule has 1 fully saturated rings. The van der Waals surface area contributed by atoms with Crippen LogP contribution in [-0.2, 0) is 6.42 Å². The minimum Gasteiger partial charge on any atom is -0.396 e. The van der Waals surface area contributed by atoms with Crippen LogP contribution >= 0.6 is 11.6 Å². The lowest BCUT2D eigenvalue weighted by molar-refractivity contribution is 0.402. The van der Waals surface area contributed by atoms with E-state index < -0.39 is 0 Å². The smallest absolute Gasteiger partial charge is 0.151 e. The third kappa shape index (κ3) is 3.48. The zero-order chi connectivity index (χ0) is 14.7. The van der Waals surface area contributed by atoms with E-state index in [0.717, 1.165) is 31.2 Å². The SMILES string of the molecule is Nc1cc(Cl)cnc1N1CCC(Cc2ccccc2)CC1. The first-order valence-electron chi connectivity index (χ1n) is 7.42. The molecule has 1 aromatic heterocycles. The number of benzene rings is 1. The number of nitrogen functional groups attached to an aromatic ring is 1. The molecular weight excluding hydrogens is 282 g/mol. The summed E-state index contributed by atoms with van der Waals surface area (Å²) in [6, 6.07) is 12.5. The third-order valence-electron chi connectivity index (χ3n) is 4.14. The van der Waals surface area contributed by atoms with E-state index in [2.05, 4.69) is 40.2 Å². The predicted molar refractivity (Wildman–Crippen MR) is 88.7 cm³/mol. The summed E-state index contributed by atoms with van der Waals surface area (Å²) in [5.41, 5.74) is 8.12. The zero-order valence-corrected chi connectivity index (χ0v) is 12.8. The summed E-state index contributed by atoms with van der Waals surface area (Å²) in [6.45, 7) is 2.02. The Balaban J connectivity index is 1.60. The molecule has 1 aliphatic rings. The fourth-order valence-electron chi connectivity index (χ4n) is 3.01. The fourth-order valence-corrected chi connectivity index (χ4v) is 3.17. The van der Waals surface area contributed by atoms with Crippen LogP contribution in [0.3, 0.4) is 0 Å². The van der Waals surface area contributed by atoms with E-state index in [1.165, 1.54) is 18.4 Å². The molecule has 0 bridgehead atoms. The molecule has 0 amide bonds. The largest absolute Gasteiger partial charge is 0.396 e. The monoisotopic (exact) mass is 301 g/mol. The molecular formula is C17H20ClN3. The molecule has 1 aromatic carbocycles. The first-order chi connectivity index (χ1) is 10.2. The average molecular weight is 302 g/mol. The second-order valence-electron chi connectivity index (χ2n) is 5.69. The van der Waals surface area contributed by atoms with Crippen LogP contribution in [0.1, 0.15) is 18.4 Å². The highest BCUT2D eigenvalue weighted by molar-refractivity contribution is 6.30. The van der Waals surface area contributed by atoms with Crippen molar-refractivity contribution in [1.29, 1.82) is 0 Å². The zero-order valence-electron chi connectivity index (χ0n) is 12.0. The van der Waals surface area contributed by atoms with Crippen molar-refractivity contribution in [2.24, 2.45) is 5.92 Å². The maximum Gasteiger partial charge on any atom is 0.151 e. The van der Waals surface area contributed by atoms with Gasteiger partial charge in [0.25, 0.3) is 0 Å². The molecule has 1 saturated heterocycles. The lowest BCUT2D eigenvalue weighted by atomic mass is 9.90. The van der Waals surface area contributed by atoms with Crippen molar-refractivity contribution >= 4 is 23.1 Å². The number of hydrogen-bond acceptors (Lipinski definition) is 3. The summed E-state index contributed by atoms with van der Waals surface area (Å²) in [4.78, 5) is 6.65. The van der Waals surface area contributed by atoms with Crippen LogP contribution < -0.4 is 10.6 Å². The highest BCUT2D eigenvalue weighted by atomic mass is 35.5. The van der Waals surface area contributed by atoms with Crippen LogP contribution in [0.15, 0.2) is 42.6 Å². The molecule has 110 valence electrons. The number of pyridine rings is 1. The standard InChI is InChI=1S/C17H20ClN3/c18-15-11-16(19)17(20-12-15)21-8-6-14(7-9-21)10-13-4-2-1-3-5-13/h1-5,11-12,14H,6-10,19H2. The van der Waals surface area contributed by atoms with E-state index in [9.17, 15) is 0 Å². The van der Waals surface area contributed by atoms with E-state index in [4.69, 9.17) is 17.3 Å². The Kier molecular flexibility index (Phi) is 4.30. The molecule has 0 unspecified atom stereocenters. The molecule has 0 aliphatic carbocycles. The van der Waals surface area contributed by atoms with Crippen LogP contribution in [-0.4, -0.2) is 18.1 Å². The quantitative estimate of drug-likeness (QED) is 0.938. The van der Waals surface area contributed by atoms with Crippen LogP contribution in [0.2, 0.25) is 5.02 Å². The summed E-state index contributed by atoms with van der Waals surface area (Å²) < 4.78 is 0. The summed E-state index contributed by atoms with van der Waals surface area (Å²) >= 11 is 5.91. The topological polar surface area (TPSA) is 42.1 Å². The summed E-state index contributed by atoms with van der Waals surface area (Å²) in [6.07, 6.45) is 5.19. The van der Waals surface area contributed by atoms with E-state index in [1.54, 1.807) is 12.3 Å². The number of halogens is 1. The van der Waals surface area contributed by atoms with Gasteiger partial charge in [-0.05, 0) is 36.8 Å². The number of hydrogen-bond donors (Lipinski definition) is 1. The molecule has 0 spiro atoms. The molecule has 0 radical (unpaired) electrons. The fraction of sp³-hybridized carbons (Fsp3) is 0.353. The minimum atomic E-state index is 0.593. The van der Waals surface area contributed by atoms with Crippen molar-refractivity contribution in [1.82, 2.24) is 4.98 Å². The van der Waals surface area contributed by atoms with Gasteiger partial charge in [-0.2, -0.15) is 0 Å². The number of nitrogens with two attached hydrogens (primary N) is 1. The van der Waals surface area contributed by atoms with Crippen LogP contribution in [0.25, 0.3) is 0 Å². The second-order valence-corrected chi connectivity index (χ2v) is 6.12. The Morgan fingerprint density at radius 2 is 1.90 bits per heavy atom. The molecule has 4 heteroatoms. The number of rotatable bonds is 3. The van der Waals surface area contributed by atoms with Crippen molar-refractivity contribution in [2.45, 2.75) is 19.3 Å². The first kappa shape index (κ1) is 14.2. The van der Waals surface area contributed by atoms with Gasteiger partial charge >= 0.3 is 0 Å². The molecule has 21 heavy (non-hydrogen) atoms. The number of aromatic nitrogens is 1. The van der Waals surface area contributed by atoms with Crippen molar-refractivity contribution in [3.63, 3.8) is 0 Å². The summed E-state index contributed by atoms with van der Waals surface area (Å²) in [5.74, 6) is 1.62. The van der Waals surface area contributed by atoms with Gasteiger partial charge in [0, 0.05) is 19.3 Å². The van der Waals surface area contributed by atoms with Gasteiger partial charge < -0.3 is 10.6 Å². The van der Waals surface area contributed by atoms with Crippen molar-refractivity contribution in [3.8, 4) is 0 Å². The Labute approximate surface area is 130 Å². The molecule has 3 nitrogen and oxygen atoms in total. The number of anilines is 2. The van der Waals surface area contributed by atoms with Gasteiger partial charge in [-0.1, -0.05) is 41.9 Å². The maximum absolute atomic E-state index is 6.02. The Morgan fingerprint density at radius 1 is 1.19 bits per heavy atom. The Morgan fingerprint density at radius 3 is 2.57 bits per heavy atom. The minimum absolute atomic E-state index is 0.593. The van der Waals surface area contributed by atoms with Gasteiger partial charge in [-0.3, -0.25) is 0 Å². The second kappa shape index (κ2) is 6.35. The number of nitrogens with zero attached hydrogens (tertiary/aromatic N) is 2. The number of piperidine rings is 1. The summed E-state index contributed by atoms with van der Waals surface area (Å²) in [7, 11) is 0. The first-order valence-corrected chi connectivity index (χ1v) is 7.80. The molecule has 2 aromatic rings. The van der Waals surface area contributed by atoms with Crippen molar-refractivity contribution < 1.29 is 0 Å². The lowest BCUT2D eigenvalue weighted by Crippen LogP contribution is -2.35. The summed E-state index contributed by atoms with van der Waals surface area (Å²) in [5, 5.41) is 0.593. The molecule has 1 aliphatic heterocycles. The molecule has 2 heterocycles. The van der Waals surface area contributed by atoms with Crippen molar-refractivity contribution in [3.05, 3.63) is 53.2 Å². The lowest BCUT2D eigenvalue weighted by Gasteiger charge is -2.33. The normalized spacial score (nSPS) is 16.1. The maximum atomic E-state index is 6.02. The van der Waals surface area contributed by atoms with E-state index in [-0.39, 0.29) is 0 Å². The van der Waals surface area contributed by atoms with Gasteiger partial charge in [0.05, 0.1) is 10.7 Å². The molecule has 0 saturated carbocycles. The van der Waals surface area contributed by atoms with Crippen LogP contribution in [0.4, 0.5) is 11.5 Å². The molecule has 2 N–H and O–H groups in total. The molecule has 3 rings (SSSR count). The van der Waals surface area contributed by atoms with E-state index in [0.29, 0.717) is 10.7 Å². The Hall–Kier alpha value is -1.74. The van der Waals surface area contributed by atoms with Gasteiger partial charge in [0.1, 0.15) is 0 Å². The average Bonchev–Trinajstić information content (AvgIpc) is 2.49. The third-order valence-corrected chi connectivity index (χ3v) is 4.35. The van der Waals surface area contributed by atoms with Crippen LogP contribution in [0, 0.1) is 5.92 Å². The van der Waals surface area contributed by atoms with Gasteiger partial charge in [0.15, 0.2) is 5.82 Å². The van der Waals surface area contributed by atoms with Gasteiger partial charge in [-0.25, -0.2) is 4.98 Å². The highest BCUT2D eigenvalue weighted by Gasteiger charge is 2.21. The van der Waals surface area contributed by atoms with E-state index >= 15 is 0 Å². The molecule has 0 atom stereocenters.